The van der Waals surface area contributed by atoms with Crippen molar-refractivity contribution >= 4 is 7.56 Å². The standard InChI is InChI=1S/C11H16F6O.C4H9BF/c12-10(13,14)8-4-7(2-1-3-18)5-9(6-8)11(15,16)17;1-3-4(2)5-6/h7-9,18H,1-6H2;4H,3H2,1-2H3. The molecule has 1 aliphatic rings. The summed E-state index contributed by atoms with van der Waals surface area (Å²) >= 11 is 0. The van der Waals surface area contributed by atoms with Crippen molar-refractivity contribution in [3.8, 4) is 0 Å². The first-order chi connectivity index (χ1) is 11.0. The van der Waals surface area contributed by atoms with Crippen LogP contribution in [0.15, 0.2) is 0 Å². The van der Waals surface area contributed by atoms with E-state index < -0.39 is 36.5 Å². The zero-order valence-electron chi connectivity index (χ0n) is 13.9. The van der Waals surface area contributed by atoms with E-state index in [0.29, 0.717) is 0 Å². The van der Waals surface area contributed by atoms with Crippen LogP contribution >= 0.6 is 0 Å². The molecule has 1 radical (unpaired) electrons. The molecule has 1 N–H and O–H groups in total. The number of aliphatic hydroxyl groups excluding tert-OH is 1. The number of rotatable bonds is 5. The Hall–Kier alpha value is -0.465. The molecule has 143 valence electrons. The smallest absolute Gasteiger partial charge is 0.391 e. The van der Waals surface area contributed by atoms with Crippen molar-refractivity contribution < 1.29 is 35.8 Å². The Morgan fingerprint density at radius 3 is 1.71 bits per heavy atom. The maximum absolute atomic E-state index is 12.6. The molecule has 1 saturated carbocycles. The second-order valence-corrected chi connectivity index (χ2v) is 6.43. The SMILES string of the molecule is CCC(C)[B]F.OCCCC1CC(C(F)(F)F)CC(C(F)(F)F)C1. The third-order valence-electron chi connectivity index (χ3n) is 4.36. The molecule has 0 aromatic heterocycles. The summed E-state index contributed by atoms with van der Waals surface area (Å²) in [6, 6.07) is 0. The molecule has 9 heteroatoms. The average Bonchev–Trinajstić information content (AvgIpc) is 2.50. The normalized spacial score (nSPS) is 26.3. The molecule has 1 fully saturated rings. The molecule has 0 aromatic carbocycles. The van der Waals surface area contributed by atoms with Gasteiger partial charge < -0.3 is 9.42 Å². The Balaban J connectivity index is 0.000000754. The minimum absolute atomic E-state index is 0.144. The van der Waals surface area contributed by atoms with Crippen LogP contribution in [0.2, 0.25) is 5.82 Å². The van der Waals surface area contributed by atoms with Gasteiger partial charge in [0.2, 0.25) is 0 Å². The van der Waals surface area contributed by atoms with Gasteiger partial charge >= 0.3 is 19.9 Å². The van der Waals surface area contributed by atoms with Crippen LogP contribution < -0.4 is 0 Å². The minimum atomic E-state index is -4.57. The van der Waals surface area contributed by atoms with Crippen LogP contribution in [-0.2, 0) is 0 Å². The summed E-state index contributed by atoms with van der Waals surface area (Å²) in [6.07, 6.45) is -9.14. The molecule has 0 spiro atoms. The zero-order chi connectivity index (χ0) is 19.0. The summed E-state index contributed by atoms with van der Waals surface area (Å²) in [5.41, 5.74) is 0. The van der Waals surface area contributed by atoms with Crippen LogP contribution in [0, 0.1) is 17.8 Å². The molecule has 0 heterocycles. The number of alkyl halides is 6. The largest absolute Gasteiger partial charge is 0.396 e. The van der Waals surface area contributed by atoms with E-state index >= 15 is 0 Å². The molecule has 1 nitrogen and oxygen atoms in total. The first-order valence-electron chi connectivity index (χ1n) is 8.13. The molecule has 0 saturated heterocycles. The molecule has 0 amide bonds. The van der Waals surface area contributed by atoms with Gasteiger partial charge in [0.15, 0.2) is 0 Å². The van der Waals surface area contributed by atoms with Crippen molar-refractivity contribution in [2.45, 2.75) is 70.5 Å². The second kappa shape index (κ2) is 10.5. The van der Waals surface area contributed by atoms with Crippen molar-refractivity contribution in [2.75, 3.05) is 6.61 Å². The summed E-state index contributed by atoms with van der Waals surface area (Å²) in [5, 5.41) is 8.60. The van der Waals surface area contributed by atoms with Crippen LogP contribution in [0.4, 0.5) is 30.7 Å². The van der Waals surface area contributed by atoms with Gasteiger partial charge in [-0.05, 0) is 43.8 Å². The Labute approximate surface area is 139 Å². The van der Waals surface area contributed by atoms with Crippen LogP contribution in [0.1, 0.15) is 52.4 Å². The Bertz CT molecular complexity index is 307. The lowest BCUT2D eigenvalue weighted by molar-refractivity contribution is -0.228. The van der Waals surface area contributed by atoms with E-state index in [4.69, 9.17) is 5.11 Å². The van der Waals surface area contributed by atoms with Crippen molar-refractivity contribution in [1.29, 1.82) is 0 Å². The van der Waals surface area contributed by atoms with Gasteiger partial charge in [-0.15, -0.1) is 0 Å². The molecule has 0 bridgehead atoms. The van der Waals surface area contributed by atoms with Crippen LogP contribution in [-0.4, -0.2) is 31.6 Å². The quantitative estimate of drug-likeness (QED) is 0.489. The fraction of sp³-hybridized carbons (Fsp3) is 1.00. The van der Waals surface area contributed by atoms with E-state index in [1.807, 2.05) is 13.8 Å². The molecule has 3 atom stereocenters. The van der Waals surface area contributed by atoms with Gasteiger partial charge in [0.25, 0.3) is 0 Å². The number of halogens is 7. The first-order valence-corrected chi connectivity index (χ1v) is 8.13. The lowest BCUT2D eigenvalue weighted by Crippen LogP contribution is -2.38. The zero-order valence-corrected chi connectivity index (χ0v) is 13.9. The lowest BCUT2D eigenvalue weighted by Gasteiger charge is -2.36. The predicted octanol–water partition coefficient (Wildman–Crippen LogP) is 5.71. The summed E-state index contributed by atoms with van der Waals surface area (Å²) in [5.74, 6) is -4.21. The summed E-state index contributed by atoms with van der Waals surface area (Å²) < 4.78 is 86.8. The molecule has 1 aliphatic carbocycles. The van der Waals surface area contributed by atoms with Gasteiger partial charge in [-0.1, -0.05) is 20.3 Å². The Morgan fingerprint density at radius 1 is 1.00 bits per heavy atom. The number of hydrogen-bond acceptors (Lipinski definition) is 1. The van der Waals surface area contributed by atoms with Crippen molar-refractivity contribution in [2.24, 2.45) is 17.8 Å². The molecule has 24 heavy (non-hydrogen) atoms. The monoisotopic (exact) mass is 365 g/mol. The molecule has 1 rings (SSSR count). The molecule has 0 aromatic rings. The maximum atomic E-state index is 12.6. The van der Waals surface area contributed by atoms with Gasteiger partial charge in [-0.2, -0.15) is 26.3 Å². The predicted molar refractivity (Wildman–Crippen MR) is 79.3 cm³/mol. The number of aliphatic hydroxyl groups is 1. The highest BCUT2D eigenvalue weighted by molar-refractivity contribution is 6.28. The van der Waals surface area contributed by atoms with Crippen LogP contribution in [0.3, 0.4) is 0 Å². The third kappa shape index (κ3) is 9.13. The van der Waals surface area contributed by atoms with Crippen molar-refractivity contribution in [1.82, 2.24) is 0 Å². The number of hydrogen-bond donors (Lipinski definition) is 1. The van der Waals surface area contributed by atoms with Gasteiger partial charge in [0, 0.05) is 6.61 Å². The van der Waals surface area contributed by atoms with E-state index in [1.165, 1.54) is 0 Å². The highest BCUT2D eigenvalue weighted by Crippen LogP contribution is 2.48. The maximum Gasteiger partial charge on any atom is 0.391 e. The second-order valence-electron chi connectivity index (χ2n) is 6.43. The Kier molecular flexibility index (Phi) is 10.3. The topological polar surface area (TPSA) is 20.2 Å². The van der Waals surface area contributed by atoms with Gasteiger partial charge in [-0.25, -0.2) is 0 Å². The first kappa shape index (κ1) is 23.5. The highest BCUT2D eigenvalue weighted by atomic mass is 19.4. The van der Waals surface area contributed by atoms with Crippen LogP contribution in [0.25, 0.3) is 0 Å². The minimum Gasteiger partial charge on any atom is -0.396 e. The van der Waals surface area contributed by atoms with Gasteiger partial charge in [-0.3, -0.25) is 0 Å². The van der Waals surface area contributed by atoms with E-state index in [2.05, 4.69) is 0 Å². The van der Waals surface area contributed by atoms with E-state index in [-0.39, 0.29) is 38.1 Å². The van der Waals surface area contributed by atoms with Crippen LogP contribution in [0.5, 0.6) is 0 Å². The molecular weight excluding hydrogens is 340 g/mol. The molecule has 3 unspecified atom stereocenters. The summed E-state index contributed by atoms with van der Waals surface area (Å²) in [6.45, 7) is 3.60. The fourth-order valence-corrected chi connectivity index (χ4v) is 2.68. The summed E-state index contributed by atoms with van der Waals surface area (Å²) in [7, 11) is 0.722. The summed E-state index contributed by atoms with van der Waals surface area (Å²) in [4.78, 5) is 0. The van der Waals surface area contributed by atoms with Gasteiger partial charge in [0.1, 0.15) is 0 Å². The fourth-order valence-electron chi connectivity index (χ4n) is 2.68. The third-order valence-corrected chi connectivity index (χ3v) is 4.36. The van der Waals surface area contributed by atoms with Gasteiger partial charge in [0.05, 0.1) is 11.8 Å². The Morgan fingerprint density at radius 2 is 1.46 bits per heavy atom. The van der Waals surface area contributed by atoms with E-state index in [1.54, 1.807) is 0 Å². The molecular formula is C15H25BF7O. The van der Waals surface area contributed by atoms with E-state index in [9.17, 15) is 30.7 Å². The lowest BCUT2D eigenvalue weighted by atomic mass is 9.73. The highest BCUT2D eigenvalue weighted by Gasteiger charge is 2.51. The van der Waals surface area contributed by atoms with Crippen molar-refractivity contribution in [3.05, 3.63) is 0 Å². The van der Waals surface area contributed by atoms with E-state index in [0.717, 1.165) is 14.0 Å². The molecule has 0 aliphatic heterocycles. The average molecular weight is 365 g/mol. The van der Waals surface area contributed by atoms with Crippen molar-refractivity contribution in [3.63, 3.8) is 0 Å².